The molecule has 0 heterocycles. The quantitative estimate of drug-likeness (QED) is 0.793. The van der Waals surface area contributed by atoms with E-state index in [9.17, 15) is 4.39 Å². The minimum Gasteiger partial charge on any atom is -0.330 e. The van der Waals surface area contributed by atoms with Gasteiger partial charge in [-0.25, -0.2) is 4.39 Å². The second kappa shape index (κ2) is 6.47. The lowest BCUT2D eigenvalue weighted by Gasteiger charge is -2.22. The monoisotopic (exact) mass is 302 g/mol. The van der Waals surface area contributed by atoms with Gasteiger partial charge in [-0.05, 0) is 48.7 Å². The maximum atomic E-state index is 13.4. The van der Waals surface area contributed by atoms with Crippen LogP contribution < -0.4 is 11.1 Å². The van der Waals surface area contributed by atoms with Crippen LogP contribution in [0.25, 0.3) is 0 Å². The SMILES string of the molecule is CC(C)(CN)CNCCc1cc(Br)ccc1F. The van der Waals surface area contributed by atoms with E-state index in [1.807, 2.05) is 6.07 Å². The van der Waals surface area contributed by atoms with Crippen molar-refractivity contribution in [2.75, 3.05) is 19.6 Å². The van der Waals surface area contributed by atoms with E-state index in [1.54, 1.807) is 6.07 Å². The summed E-state index contributed by atoms with van der Waals surface area (Å²) in [5.41, 5.74) is 6.46. The number of nitrogens with two attached hydrogens (primary N) is 1. The number of benzene rings is 1. The first-order valence-corrected chi connectivity index (χ1v) is 6.59. The van der Waals surface area contributed by atoms with Gasteiger partial charge in [0.1, 0.15) is 5.82 Å². The molecule has 0 aliphatic heterocycles. The Balaban J connectivity index is 2.38. The zero-order chi connectivity index (χ0) is 12.9. The molecule has 3 N–H and O–H groups in total. The number of halogens is 2. The summed E-state index contributed by atoms with van der Waals surface area (Å²) in [5, 5.41) is 3.31. The molecule has 0 atom stereocenters. The number of nitrogens with one attached hydrogen (secondary N) is 1. The molecule has 0 saturated heterocycles. The Kier molecular flexibility index (Phi) is 5.56. The number of hydrogen-bond acceptors (Lipinski definition) is 2. The lowest BCUT2D eigenvalue weighted by Crippen LogP contribution is -2.36. The molecule has 0 unspecified atom stereocenters. The Morgan fingerprint density at radius 3 is 2.76 bits per heavy atom. The van der Waals surface area contributed by atoms with Crippen molar-refractivity contribution in [3.63, 3.8) is 0 Å². The number of hydrogen-bond donors (Lipinski definition) is 2. The van der Waals surface area contributed by atoms with Crippen molar-refractivity contribution >= 4 is 15.9 Å². The van der Waals surface area contributed by atoms with E-state index in [-0.39, 0.29) is 11.2 Å². The molecule has 4 heteroatoms. The molecule has 0 spiro atoms. The van der Waals surface area contributed by atoms with E-state index in [4.69, 9.17) is 5.73 Å². The first-order valence-electron chi connectivity index (χ1n) is 5.79. The Morgan fingerprint density at radius 2 is 2.12 bits per heavy atom. The van der Waals surface area contributed by atoms with Gasteiger partial charge in [0.05, 0.1) is 0 Å². The fraction of sp³-hybridized carbons (Fsp3) is 0.538. The largest absolute Gasteiger partial charge is 0.330 e. The van der Waals surface area contributed by atoms with E-state index in [0.717, 1.165) is 23.1 Å². The van der Waals surface area contributed by atoms with Crippen molar-refractivity contribution in [2.45, 2.75) is 20.3 Å². The summed E-state index contributed by atoms with van der Waals surface area (Å²) in [6.45, 7) is 6.47. The summed E-state index contributed by atoms with van der Waals surface area (Å²) in [5.74, 6) is -0.145. The highest BCUT2D eigenvalue weighted by molar-refractivity contribution is 9.10. The molecule has 1 rings (SSSR count). The molecule has 0 radical (unpaired) electrons. The van der Waals surface area contributed by atoms with Gasteiger partial charge in [0.15, 0.2) is 0 Å². The summed E-state index contributed by atoms with van der Waals surface area (Å²) in [6, 6.07) is 5.03. The van der Waals surface area contributed by atoms with Gasteiger partial charge in [-0.3, -0.25) is 0 Å². The van der Waals surface area contributed by atoms with Gasteiger partial charge >= 0.3 is 0 Å². The fourth-order valence-corrected chi connectivity index (χ4v) is 1.87. The van der Waals surface area contributed by atoms with Crippen LogP contribution >= 0.6 is 15.9 Å². The molecule has 0 aliphatic carbocycles. The van der Waals surface area contributed by atoms with Crippen LogP contribution in [0.3, 0.4) is 0 Å². The van der Waals surface area contributed by atoms with Crippen LogP contribution in [0, 0.1) is 11.2 Å². The molecule has 0 saturated carbocycles. The highest BCUT2D eigenvalue weighted by Crippen LogP contribution is 2.16. The Hall–Kier alpha value is -0.450. The van der Waals surface area contributed by atoms with Crippen molar-refractivity contribution in [1.82, 2.24) is 5.32 Å². The molecular formula is C13H20BrFN2. The molecule has 0 fully saturated rings. The highest BCUT2D eigenvalue weighted by Gasteiger charge is 2.14. The second-order valence-corrected chi connectivity index (χ2v) is 5.95. The van der Waals surface area contributed by atoms with Crippen LogP contribution in [0.4, 0.5) is 4.39 Å². The van der Waals surface area contributed by atoms with Gasteiger partial charge in [0, 0.05) is 11.0 Å². The van der Waals surface area contributed by atoms with Crippen LogP contribution in [-0.2, 0) is 6.42 Å². The van der Waals surface area contributed by atoms with Crippen LogP contribution in [-0.4, -0.2) is 19.6 Å². The Bertz CT molecular complexity index is 366. The lowest BCUT2D eigenvalue weighted by atomic mass is 9.94. The molecule has 17 heavy (non-hydrogen) atoms. The third kappa shape index (κ3) is 5.15. The summed E-state index contributed by atoms with van der Waals surface area (Å²) < 4.78 is 14.3. The third-order valence-electron chi connectivity index (χ3n) is 2.74. The summed E-state index contributed by atoms with van der Waals surface area (Å²) in [6.07, 6.45) is 0.686. The van der Waals surface area contributed by atoms with E-state index in [0.29, 0.717) is 13.0 Å². The second-order valence-electron chi connectivity index (χ2n) is 5.03. The summed E-state index contributed by atoms with van der Waals surface area (Å²) in [4.78, 5) is 0. The van der Waals surface area contributed by atoms with Gasteiger partial charge < -0.3 is 11.1 Å². The predicted molar refractivity (Wildman–Crippen MR) is 73.5 cm³/mol. The van der Waals surface area contributed by atoms with Crippen molar-refractivity contribution in [3.05, 3.63) is 34.1 Å². The predicted octanol–water partition coefficient (Wildman–Crippen LogP) is 2.71. The molecule has 96 valence electrons. The topological polar surface area (TPSA) is 38.0 Å². The van der Waals surface area contributed by atoms with Gasteiger partial charge in [-0.2, -0.15) is 0 Å². The Morgan fingerprint density at radius 1 is 1.41 bits per heavy atom. The van der Waals surface area contributed by atoms with Gasteiger partial charge in [0.25, 0.3) is 0 Å². The molecule has 0 aliphatic rings. The Labute approximate surface area is 111 Å². The van der Waals surface area contributed by atoms with E-state index >= 15 is 0 Å². The maximum Gasteiger partial charge on any atom is 0.126 e. The van der Waals surface area contributed by atoms with E-state index in [1.165, 1.54) is 6.07 Å². The molecule has 0 bridgehead atoms. The zero-order valence-corrected chi connectivity index (χ0v) is 12.0. The van der Waals surface area contributed by atoms with Crippen molar-refractivity contribution in [2.24, 2.45) is 11.1 Å². The van der Waals surface area contributed by atoms with Crippen molar-refractivity contribution in [1.29, 1.82) is 0 Å². The van der Waals surface area contributed by atoms with Crippen LogP contribution in [0.2, 0.25) is 0 Å². The van der Waals surface area contributed by atoms with Crippen LogP contribution in [0.1, 0.15) is 19.4 Å². The fourth-order valence-electron chi connectivity index (χ4n) is 1.46. The first kappa shape index (κ1) is 14.6. The maximum absolute atomic E-state index is 13.4. The van der Waals surface area contributed by atoms with Crippen molar-refractivity contribution in [3.8, 4) is 0 Å². The molecule has 0 amide bonds. The van der Waals surface area contributed by atoms with Gasteiger partial charge in [0.2, 0.25) is 0 Å². The highest BCUT2D eigenvalue weighted by atomic mass is 79.9. The summed E-state index contributed by atoms with van der Waals surface area (Å²) in [7, 11) is 0. The average Bonchev–Trinajstić information content (AvgIpc) is 2.29. The zero-order valence-electron chi connectivity index (χ0n) is 10.4. The first-order chi connectivity index (χ1) is 7.94. The normalized spacial score (nSPS) is 11.8. The van der Waals surface area contributed by atoms with E-state index < -0.39 is 0 Å². The minimum atomic E-state index is -0.145. The molecule has 0 aromatic heterocycles. The van der Waals surface area contributed by atoms with E-state index in [2.05, 4.69) is 35.1 Å². The van der Waals surface area contributed by atoms with Crippen LogP contribution in [0.5, 0.6) is 0 Å². The summed E-state index contributed by atoms with van der Waals surface area (Å²) >= 11 is 3.34. The van der Waals surface area contributed by atoms with Crippen molar-refractivity contribution < 1.29 is 4.39 Å². The molecule has 1 aromatic carbocycles. The van der Waals surface area contributed by atoms with Gasteiger partial charge in [-0.15, -0.1) is 0 Å². The minimum absolute atomic E-state index is 0.0931. The van der Waals surface area contributed by atoms with Gasteiger partial charge in [-0.1, -0.05) is 29.8 Å². The average molecular weight is 303 g/mol. The lowest BCUT2D eigenvalue weighted by molar-refractivity contribution is 0.353. The molecule has 2 nitrogen and oxygen atoms in total. The van der Waals surface area contributed by atoms with Crippen LogP contribution in [0.15, 0.2) is 22.7 Å². The smallest absolute Gasteiger partial charge is 0.126 e. The molecular weight excluding hydrogens is 283 g/mol. The standard InChI is InChI=1S/C13H20BrFN2/c1-13(2,8-16)9-17-6-5-10-7-11(14)3-4-12(10)15/h3-4,7,17H,5-6,8-9,16H2,1-2H3. The third-order valence-corrected chi connectivity index (χ3v) is 3.23. The number of rotatable bonds is 6. The molecule has 1 aromatic rings.